The molecule has 0 spiro atoms. The van der Waals surface area contributed by atoms with Crippen molar-refractivity contribution in [1.29, 1.82) is 0 Å². The van der Waals surface area contributed by atoms with Crippen molar-refractivity contribution < 1.29 is 9.53 Å². The van der Waals surface area contributed by atoms with Gasteiger partial charge < -0.3 is 20.7 Å². The first-order valence-electron chi connectivity index (χ1n) is 6.48. The van der Waals surface area contributed by atoms with Gasteiger partial charge in [0.05, 0.1) is 6.61 Å². The number of hydrogen-bond donors (Lipinski definition) is 2. The summed E-state index contributed by atoms with van der Waals surface area (Å²) in [7, 11) is 3.90. The van der Waals surface area contributed by atoms with E-state index in [0.29, 0.717) is 31.9 Å². The van der Waals surface area contributed by atoms with E-state index < -0.39 is 0 Å². The van der Waals surface area contributed by atoms with Gasteiger partial charge in [-0.2, -0.15) is 0 Å². The Kier molecular flexibility index (Phi) is 6.92. The SMILES string of the molecule is CN(C)c1cccc(C(=O)NCCCOCCN)c1. The predicted molar refractivity (Wildman–Crippen MR) is 77.6 cm³/mol. The summed E-state index contributed by atoms with van der Waals surface area (Å²) in [5, 5.41) is 2.87. The van der Waals surface area contributed by atoms with Crippen LogP contribution in [0.2, 0.25) is 0 Å². The molecule has 0 bridgehead atoms. The molecule has 0 unspecified atom stereocenters. The van der Waals surface area contributed by atoms with E-state index >= 15 is 0 Å². The summed E-state index contributed by atoms with van der Waals surface area (Å²) in [6, 6.07) is 7.54. The van der Waals surface area contributed by atoms with E-state index in [1.54, 1.807) is 0 Å². The second kappa shape index (κ2) is 8.50. The lowest BCUT2D eigenvalue weighted by atomic mass is 10.2. The van der Waals surface area contributed by atoms with Gasteiger partial charge in [0.15, 0.2) is 0 Å². The van der Waals surface area contributed by atoms with Crippen LogP contribution in [0.25, 0.3) is 0 Å². The number of benzene rings is 1. The zero-order chi connectivity index (χ0) is 14.1. The molecule has 5 nitrogen and oxygen atoms in total. The lowest BCUT2D eigenvalue weighted by Gasteiger charge is -2.13. The van der Waals surface area contributed by atoms with Crippen molar-refractivity contribution >= 4 is 11.6 Å². The van der Waals surface area contributed by atoms with E-state index in [9.17, 15) is 4.79 Å². The zero-order valence-corrected chi connectivity index (χ0v) is 11.7. The fraction of sp³-hybridized carbons (Fsp3) is 0.500. The van der Waals surface area contributed by atoms with Gasteiger partial charge in [0.1, 0.15) is 0 Å². The Morgan fingerprint density at radius 2 is 2.16 bits per heavy atom. The summed E-state index contributed by atoms with van der Waals surface area (Å²) in [4.78, 5) is 13.9. The van der Waals surface area contributed by atoms with Crippen LogP contribution in [0.4, 0.5) is 5.69 Å². The van der Waals surface area contributed by atoms with Crippen LogP contribution < -0.4 is 16.0 Å². The highest BCUT2D eigenvalue weighted by Crippen LogP contribution is 2.13. The summed E-state index contributed by atoms with van der Waals surface area (Å²) >= 11 is 0. The average molecular weight is 265 g/mol. The molecule has 3 N–H and O–H groups in total. The molecule has 0 saturated carbocycles. The maximum absolute atomic E-state index is 11.9. The minimum atomic E-state index is -0.0532. The van der Waals surface area contributed by atoms with Crippen molar-refractivity contribution in [2.75, 3.05) is 45.3 Å². The Morgan fingerprint density at radius 3 is 2.84 bits per heavy atom. The summed E-state index contributed by atoms with van der Waals surface area (Å²) in [5.41, 5.74) is 7.00. The summed E-state index contributed by atoms with van der Waals surface area (Å²) < 4.78 is 5.24. The van der Waals surface area contributed by atoms with Crippen LogP contribution in [0.15, 0.2) is 24.3 Å². The average Bonchev–Trinajstić information content (AvgIpc) is 2.42. The van der Waals surface area contributed by atoms with Gasteiger partial charge in [-0.05, 0) is 24.6 Å². The van der Waals surface area contributed by atoms with Crippen molar-refractivity contribution in [3.05, 3.63) is 29.8 Å². The maximum Gasteiger partial charge on any atom is 0.251 e. The maximum atomic E-state index is 11.9. The third kappa shape index (κ3) is 5.72. The standard InChI is InChI=1S/C14H23N3O2/c1-17(2)13-6-3-5-12(11-13)14(18)16-8-4-9-19-10-7-15/h3,5-6,11H,4,7-10,15H2,1-2H3,(H,16,18). The van der Waals surface area contributed by atoms with E-state index in [0.717, 1.165) is 12.1 Å². The summed E-state index contributed by atoms with van der Waals surface area (Å²) in [6.07, 6.45) is 0.791. The van der Waals surface area contributed by atoms with E-state index in [1.165, 1.54) is 0 Å². The van der Waals surface area contributed by atoms with Gasteiger partial charge in [0, 0.05) is 45.0 Å². The highest BCUT2D eigenvalue weighted by atomic mass is 16.5. The fourth-order valence-corrected chi connectivity index (χ4v) is 1.59. The largest absolute Gasteiger partial charge is 0.380 e. The molecular formula is C14H23N3O2. The van der Waals surface area contributed by atoms with Gasteiger partial charge in [-0.1, -0.05) is 6.07 Å². The van der Waals surface area contributed by atoms with Gasteiger partial charge >= 0.3 is 0 Å². The number of carbonyl (C=O) groups is 1. The number of ether oxygens (including phenoxy) is 1. The van der Waals surface area contributed by atoms with E-state index in [1.807, 2.05) is 43.3 Å². The second-order valence-electron chi connectivity index (χ2n) is 4.46. The van der Waals surface area contributed by atoms with Crippen molar-refractivity contribution in [2.45, 2.75) is 6.42 Å². The molecular weight excluding hydrogens is 242 g/mol. The molecule has 0 aliphatic rings. The number of hydrogen-bond acceptors (Lipinski definition) is 4. The third-order valence-electron chi connectivity index (χ3n) is 2.64. The van der Waals surface area contributed by atoms with Gasteiger partial charge in [0.2, 0.25) is 0 Å². The van der Waals surface area contributed by atoms with Gasteiger partial charge in [-0.25, -0.2) is 0 Å². The van der Waals surface area contributed by atoms with Crippen LogP contribution in [-0.2, 0) is 4.74 Å². The van der Waals surface area contributed by atoms with Crippen molar-refractivity contribution in [1.82, 2.24) is 5.32 Å². The number of nitrogens with one attached hydrogen (secondary N) is 1. The van der Waals surface area contributed by atoms with Gasteiger partial charge in [-0.15, -0.1) is 0 Å². The van der Waals surface area contributed by atoms with Crippen LogP contribution in [0.3, 0.4) is 0 Å². The minimum absolute atomic E-state index is 0.0532. The summed E-state index contributed by atoms with van der Waals surface area (Å²) in [5.74, 6) is -0.0532. The molecule has 0 fully saturated rings. The van der Waals surface area contributed by atoms with E-state index in [2.05, 4.69) is 5.32 Å². The van der Waals surface area contributed by atoms with Gasteiger partial charge in [-0.3, -0.25) is 4.79 Å². The lowest BCUT2D eigenvalue weighted by molar-refractivity contribution is 0.0943. The van der Waals surface area contributed by atoms with Crippen LogP contribution in [0, 0.1) is 0 Å². The van der Waals surface area contributed by atoms with Crippen LogP contribution in [0.5, 0.6) is 0 Å². The second-order valence-corrected chi connectivity index (χ2v) is 4.46. The number of nitrogens with zero attached hydrogens (tertiary/aromatic N) is 1. The molecule has 1 rings (SSSR count). The molecule has 0 atom stereocenters. The first-order chi connectivity index (χ1) is 9.15. The van der Waals surface area contributed by atoms with Crippen LogP contribution in [0.1, 0.15) is 16.8 Å². The molecule has 0 aromatic heterocycles. The molecule has 0 heterocycles. The molecule has 0 aliphatic carbocycles. The summed E-state index contributed by atoms with van der Waals surface area (Å²) in [6.45, 7) is 2.33. The van der Waals surface area contributed by atoms with Crippen molar-refractivity contribution in [2.24, 2.45) is 5.73 Å². The molecule has 1 amide bonds. The molecule has 106 valence electrons. The van der Waals surface area contributed by atoms with Crippen molar-refractivity contribution in [3.8, 4) is 0 Å². The lowest BCUT2D eigenvalue weighted by Crippen LogP contribution is -2.25. The molecule has 0 saturated heterocycles. The van der Waals surface area contributed by atoms with Crippen LogP contribution >= 0.6 is 0 Å². The van der Waals surface area contributed by atoms with Crippen LogP contribution in [-0.4, -0.2) is 46.3 Å². The Balaban J connectivity index is 2.35. The van der Waals surface area contributed by atoms with E-state index in [4.69, 9.17) is 10.5 Å². The molecule has 19 heavy (non-hydrogen) atoms. The Morgan fingerprint density at radius 1 is 1.37 bits per heavy atom. The highest BCUT2D eigenvalue weighted by molar-refractivity contribution is 5.95. The molecule has 1 aromatic carbocycles. The molecule has 0 aliphatic heterocycles. The first-order valence-corrected chi connectivity index (χ1v) is 6.48. The molecule has 5 heteroatoms. The monoisotopic (exact) mass is 265 g/mol. The normalized spacial score (nSPS) is 10.3. The number of amides is 1. The quantitative estimate of drug-likeness (QED) is 0.684. The van der Waals surface area contributed by atoms with Crippen molar-refractivity contribution in [3.63, 3.8) is 0 Å². The molecule has 1 aromatic rings. The zero-order valence-electron chi connectivity index (χ0n) is 11.7. The number of nitrogens with two attached hydrogens (primary N) is 1. The third-order valence-corrected chi connectivity index (χ3v) is 2.64. The smallest absolute Gasteiger partial charge is 0.251 e. The highest BCUT2D eigenvalue weighted by Gasteiger charge is 2.06. The Bertz CT molecular complexity index is 394. The number of rotatable bonds is 8. The first kappa shape index (κ1) is 15.5. The topological polar surface area (TPSA) is 67.6 Å². The minimum Gasteiger partial charge on any atom is -0.380 e. The fourth-order valence-electron chi connectivity index (χ4n) is 1.59. The van der Waals surface area contributed by atoms with E-state index in [-0.39, 0.29) is 5.91 Å². The molecule has 0 radical (unpaired) electrons. The Hall–Kier alpha value is -1.59. The Labute approximate surface area is 114 Å². The number of anilines is 1. The number of carbonyl (C=O) groups excluding carboxylic acids is 1. The van der Waals surface area contributed by atoms with Gasteiger partial charge in [0.25, 0.3) is 5.91 Å². The predicted octanol–water partition coefficient (Wildman–Crippen LogP) is 0.848.